The Kier molecular flexibility index (Phi) is 4.89. The summed E-state index contributed by atoms with van der Waals surface area (Å²) in [5.74, 6) is -0.0265. The van der Waals surface area contributed by atoms with Crippen LogP contribution in [0.15, 0.2) is 47.1 Å². The van der Waals surface area contributed by atoms with Crippen molar-refractivity contribution in [3.63, 3.8) is 0 Å². The molecule has 3 heterocycles. The molecule has 1 aliphatic rings. The summed E-state index contributed by atoms with van der Waals surface area (Å²) in [4.78, 5) is 24.0. The maximum absolute atomic E-state index is 13.1. The number of rotatable bonds is 2. The standard InChI is InChI=1S/C19H15BrClN3O2/c20-12-1-4-16(22-11-12)18-10-15(19(25)24-5-7-26-8-6-24)14-3-2-13(21)9-17(14)23-18/h1-4,9-11H,5-8H2. The van der Waals surface area contributed by atoms with Crippen LogP contribution in [0.5, 0.6) is 0 Å². The number of nitrogens with zero attached hydrogens (tertiary/aromatic N) is 3. The largest absolute Gasteiger partial charge is 0.378 e. The van der Waals surface area contributed by atoms with Crippen molar-refractivity contribution in [2.75, 3.05) is 26.3 Å². The first-order valence-electron chi connectivity index (χ1n) is 8.21. The molecular formula is C19H15BrClN3O2. The first-order valence-corrected chi connectivity index (χ1v) is 9.38. The average molecular weight is 433 g/mol. The van der Waals surface area contributed by atoms with E-state index in [1.54, 1.807) is 18.3 Å². The summed E-state index contributed by atoms with van der Waals surface area (Å²) in [5.41, 5.74) is 2.62. The number of hydrogen-bond acceptors (Lipinski definition) is 4. The molecule has 1 aliphatic heterocycles. The number of benzene rings is 1. The van der Waals surface area contributed by atoms with Crippen LogP contribution in [0.4, 0.5) is 0 Å². The van der Waals surface area contributed by atoms with Crippen LogP contribution in [0, 0.1) is 0 Å². The monoisotopic (exact) mass is 431 g/mol. The smallest absolute Gasteiger partial charge is 0.254 e. The Morgan fingerprint density at radius 1 is 1.12 bits per heavy atom. The van der Waals surface area contributed by atoms with Crippen LogP contribution in [0.1, 0.15) is 10.4 Å². The van der Waals surface area contributed by atoms with E-state index in [0.29, 0.717) is 53.8 Å². The number of morpholine rings is 1. The van der Waals surface area contributed by atoms with Crippen molar-refractivity contribution in [1.82, 2.24) is 14.9 Å². The van der Waals surface area contributed by atoms with E-state index in [-0.39, 0.29) is 5.91 Å². The predicted octanol–water partition coefficient (Wildman–Crippen LogP) is 4.19. The number of carbonyl (C=O) groups is 1. The second-order valence-corrected chi connectivity index (χ2v) is 7.33. The Morgan fingerprint density at radius 2 is 1.92 bits per heavy atom. The molecular weight excluding hydrogens is 418 g/mol. The Hall–Kier alpha value is -2.02. The number of carbonyl (C=O) groups excluding carboxylic acids is 1. The molecule has 0 aliphatic carbocycles. The zero-order valence-electron chi connectivity index (χ0n) is 13.8. The van der Waals surface area contributed by atoms with E-state index in [0.717, 1.165) is 9.86 Å². The van der Waals surface area contributed by atoms with Crippen LogP contribution in [-0.4, -0.2) is 47.1 Å². The second-order valence-electron chi connectivity index (χ2n) is 5.98. The van der Waals surface area contributed by atoms with Crippen molar-refractivity contribution in [2.45, 2.75) is 0 Å². The molecule has 1 aromatic carbocycles. The van der Waals surface area contributed by atoms with E-state index in [1.165, 1.54) is 0 Å². The van der Waals surface area contributed by atoms with Gasteiger partial charge in [-0.05, 0) is 46.3 Å². The molecule has 0 saturated carbocycles. The Bertz CT molecular complexity index is 972. The Labute approximate surface area is 164 Å². The van der Waals surface area contributed by atoms with Crippen molar-refractivity contribution in [2.24, 2.45) is 0 Å². The third kappa shape index (κ3) is 3.45. The Morgan fingerprint density at radius 3 is 2.65 bits per heavy atom. The summed E-state index contributed by atoms with van der Waals surface area (Å²) in [5, 5.41) is 1.36. The third-order valence-corrected chi connectivity index (χ3v) is 4.99. The van der Waals surface area contributed by atoms with Gasteiger partial charge in [-0.25, -0.2) is 4.98 Å². The topological polar surface area (TPSA) is 55.3 Å². The van der Waals surface area contributed by atoms with E-state index >= 15 is 0 Å². The van der Waals surface area contributed by atoms with E-state index in [2.05, 4.69) is 25.9 Å². The zero-order valence-corrected chi connectivity index (χ0v) is 16.1. The van der Waals surface area contributed by atoms with Crippen molar-refractivity contribution >= 4 is 44.3 Å². The van der Waals surface area contributed by atoms with E-state index in [4.69, 9.17) is 16.3 Å². The minimum atomic E-state index is -0.0265. The molecule has 1 amide bonds. The van der Waals surface area contributed by atoms with Crippen LogP contribution in [0.3, 0.4) is 0 Å². The number of fused-ring (bicyclic) bond motifs is 1. The lowest BCUT2D eigenvalue weighted by Gasteiger charge is -2.27. The van der Waals surface area contributed by atoms with Gasteiger partial charge in [0, 0.05) is 34.2 Å². The lowest BCUT2D eigenvalue weighted by molar-refractivity contribution is 0.0304. The number of halogens is 2. The molecule has 0 radical (unpaired) electrons. The first kappa shape index (κ1) is 17.4. The minimum Gasteiger partial charge on any atom is -0.378 e. The van der Waals surface area contributed by atoms with Gasteiger partial charge >= 0.3 is 0 Å². The van der Waals surface area contributed by atoms with Crippen LogP contribution in [0.25, 0.3) is 22.3 Å². The molecule has 1 saturated heterocycles. The maximum atomic E-state index is 13.1. The SMILES string of the molecule is O=C(c1cc(-c2ccc(Br)cn2)nc2cc(Cl)ccc12)N1CCOCC1. The molecule has 132 valence electrons. The highest BCUT2D eigenvalue weighted by Crippen LogP contribution is 2.27. The fraction of sp³-hybridized carbons (Fsp3) is 0.211. The maximum Gasteiger partial charge on any atom is 0.254 e. The normalized spacial score (nSPS) is 14.6. The van der Waals surface area contributed by atoms with E-state index in [1.807, 2.05) is 29.2 Å². The average Bonchev–Trinajstić information content (AvgIpc) is 2.67. The highest BCUT2D eigenvalue weighted by molar-refractivity contribution is 9.10. The van der Waals surface area contributed by atoms with E-state index < -0.39 is 0 Å². The van der Waals surface area contributed by atoms with Gasteiger partial charge in [-0.2, -0.15) is 0 Å². The third-order valence-electron chi connectivity index (χ3n) is 4.29. The molecule has 0 atom stereocenters. The van der Waals surface area contributed by atoms with Gasteiger partial charge in [-0.15, -0.1) is 0 Å². The molecule has 4 rings (SSSR count). The predicted molar refractivity (Wildman–Crippen MR) is 104 cm³/mol. The molecule has 0 unspecified atom stereocenters. The minimum absolute atomic E-state index is 0.0265. The lowest BCUT2D eigenvalue weighted by atomic mass is 10.0. The van der Waals surface area contributed by atoms with Crippen LogP contribution in [0.2, 0.25) is 5.02 Å². The van der Waals surface area contributed by atoms with Gasteiger partial charge in [0.1, 0.15) is 0 Å². The zero-order chi connectivity index (χ0) is 18.1. The molecule has 26 heavy (non-hydrogen) atoms. The molecule has 0 spiro atoms. The molecule has 0 bridgehead atoms. The molecule has 2 aromatic heterocycles. The molecule has 0 N–H and O–H groups in total. The number of hydrogen-bond donors (Lipinski definition) is 0. The van der Waals surface area contributed by atoms with Gasteiger partial charge in [0.15, 0.2) is 0 Å². The summed E-state index contributed by atoms with van der Waals surface area (Å²) in [7, 11) is 0. The second kappa shape index (κ2) is 7.31. The summed E-state index contributed by atoms with van der Waals surface area (Å²) >= 11 is 9.53. The number of pyridine rings is 2. The molecule has 5 nitrogen and oxygen atoms in total. The van der Waals surface area contributed by atoms with Gasteiger partial charge in [-0.3, -0.25) is 9.78 Å². The fourth-order valence-corrected chi connectivity index (χ4v) is 3.37. The molecule has 1 fully saturated rings. The highest BCUT2D eigenvalue weighted by Gasteiger charge is 2.22. The van der Waals surface area contributed by atoms with Crippen LogP contribution < -0.4 is 0 Å². The fourth-order valence-electron chi connectivity index (χ4n) is 2.97. The van der Waals surface area contributed by atoms with Crippen molar-refractivity contribution in [3.8, 4) is 11.4 Å². The van der Waals surface area contributed by atoms with Crippen LogP contribution in [-0.2, 0) is 4.74 Å². The number of ether oxygens (including phenoxy) is 1. The van der Waals surface area contributed by atoms with Gasteiger partial charge in [0.05, 0.1) is 35.7 Å². The summed E-state index contributed by atoms with van der Waals surface area (Å²) in [6, 6.07) is 11.0. The quantitative estimate of drug-likeness (QED) is 0.609. The van der Waals surface area contributed by atoms with Crippen molar-refractivity contribution in [3.05, 3.63) is 57.7 Å². The van der Waals surface area contributed by atoms with Crippen molar-refractivity contribution in [1.29, 1.82) is 0 Å². The summed E-state index contributed by atoms with van der Waals surface area (Å²) in [6.45, 7) is 2.29. The van der Waals surface area contributed by atoms with Gasteiger partial charge in [-0.1, -0.05) is 17.7 Å². The van der Waals surface area contributed by atoms with Gasteiger partial charge < -0.3 is 9.64 Å². The Balaban J connectivity index is 1.86. The molecule has 3 aromatic rings. The number of aromatic nitrogens is 2. The highest BCUT2D eigenvalue weighted by atomic mass is 79.9. The first-order chi connectivity index (χ1) is 12.6. The van der Waals surface area contributed by atoms with Crippen LogP contribution >= 0.6 is 27.5 Å². The number of amides is 1. The molecule has 7 heteroatoms. The summed E-state index contributed by atoms with van der Waals surface area (Å²) < 4.78 is 6.24. The summed E-state index contributed by atoms with van der Waals surface area (Å²) in [6.07, 6.45) is 1.71. The lowest BCUT2D eigenvalue weighted by Crippen LogP contribution is -2.40. The van der Waals surface area contributed by atoms with Gasteiger partial charge in [0.25, 0.3) is 5.91 Å². The van der Waals surface area contributed by atoms with Gasteiger partial charge in [0.2, 0.25) is 0 Å². The van der Waals surface area contributed by atoms with E-state index in [9.17, 15) is 4.79 Å². The van der Waals surface area contributed by atoms with Crippen molar-refractivity contribution < 1.29 is 9.53 Å².